The number of Topliss-reactive ketones (excluding diaryl/α,β-unsaturated/α-hetero) is 1. The summed E-state index contributed by atoms with van der Waals surface area (Å²) in [5, 5.41) is 0. The molecular weight excluding hydrogens is 210 g/mol. The van der Waals surface area contributed by atoms with Crippen LogP contribution in [0.15, 0.2) is 0 Å². The van der Waals surface area contributed by atoms with E-state index in [1.54, 1.807) is 0 Å². The molecule has 2 heteroatoms. The van der Waals surface area contributed by atoms with E-state index in [1.807, 2.05) is 0 Å². The fourth-order valence-corrected chi connectivity index (χ4v) is 2.73. The molecule has 17 heavy (non-hydrogen) atoms. The lowest BCUT2D eigenvalue weighted by molar-refractivity contribution is -0.128. The molecule has 0 aromatic rings. The summed E-state index contributed by atoms with van der Waals surface area (Å²) in [4.78, 5) is 14.7. The molecule has 0 spiro atoms. The van der Waals surface area contributed by atoms with Gasteiger partial charge in [0.1, 0.15) is 5.78 Å². The third-order valence-electron chi connectivity index (χ3n) is 4.35. The Kier molecular flexibility index (Phi) is 5.18. The number of rotatable bonds is 6. The van der Waals surface area contributed by atoms with Gasteiger partial charge in [-0.05, 0) is 25.3 Å². The Bertz CT molecular complexity index is 260. The zero-order valence-corrected chi connectivity index (χ0v) is 12.3. The molecule has 0 bridgehead atoms. The van der Waals surface area contributed by atoms with Gasteiger partial charge in [-0.15, -0.1) is 0 Å². The van der Waals surface area contributed by atoms with Crippen LogP contribution in [-0.4, -0.2) is 30.3 Å². The lowest BCUT2D eigenvalue weighted by Crippen LogP contribution is -2.36. The maximum atomic E-state index is 12.2. The number of carbonyl (C=O) groups excluding carboxylic acids is 1. The number of carbonyl (C=O) groups is 1. The summed E-state index contributed by atoms with van der Waals surface area (Å²) in [6, 6.07) is 0. The highest BCUT2D eigenvalue weighted by atomic mass is 16.1. The minimum atomic E-state index is -0.0690. The quantitative estimate of drug-likeness (QED) is 0.708. The van der Waals surface area contributed by atoms with Crippen LogP contribution in [0.5, 0.6) is 0 Å². The molecule has 0 heterocycles. The Hall–Kier alpha value is -0.370. The molecule has 0 aromatic carbocycles. The Labute approximate surface area is 107 Å². The van der Waals surface area contributed by atoms with E-state index in [2.05, 4.69) is 39.5 Å². The monoisotopic (exact) mass is 239 g/mol. The molecule has 0 aliphatic heterocycles. The van der Waals surface area contributed by atoms with Crippen LogP contribution < -0.4 is 0 Å². The van der Waals surface area contributed by atoms with E-state index in [-0.39, 0.29) is 11.3 Å². The zero-order chi connectivity index (χ0) is 13.1. The van der Waals surface area contributed by atoms with Gasteiger partial charge < -0.3 is 4.90 Å². The van der Waals surface area contributed by atoms with E-state index in [0.717, 1.165) is 38.4 Å². The predicted molar refractivity (Wildman–Crippen MR) is 73.1 cm³/mol. The Balaban J connectivity index is 2.50. The summed E-state index contributed by atoms with van der Waals surface area (Å²) in [7, 11) is 0. The van der Waals surface area contributed by atoms with Crippen LogP contribution >= 0.6 is 0 Å². The molecule has 0 radical (unpaired) electrons. The van der Waals surface area contributed by atoms with Gasteiger partial charge in [-0.2, -0.15) is 0 Å². The van der Waals surface area contributed by atoms with E-state index in [4.69, 9.17) is 0 Å². The molecule has 0 aromatic heterocycles. The first-order valence-corrected chi connectivity index (χ1v) is 7.17. The van der Waals surface area contributed by atoms with Crippen LogP contribution in [-0.2, 0) is 4.79 Å². The van der Waals surface area contributed by atoms with Crippen LogP contribution in [0, 0.1) is 17.3 Å². The van der Waals surface area contributed by atoms with Gasteiger partial charge in [0.15, 0.2) is 0 Å². The van der Waals surface area contributed by atoms with E-state index in [9.17, 15) is 4.79 Å². The van der Waals surface area contributed by atoms with Crippen molar-refractivity contribution in [3.8, 4) is 0 Å². The summed E-state index contributed by atoms with van der Waals surface area (Å²) in [6.07, 6.45) is 3.38. The van der Waals surface area contributed by atoms with Gasteiger partial charge in [-0.25, -0.2) is 0 Å². The van der Waals surface area contributed by atoms with Crippen LogP contribution in [0.25, 0.3) is 0 Å². The normalized spacial score (nSPS) is 25.5. The standard InChI is InChI=1S/C15H29NO/c1-6-12(3)10-16(7-2)11-13-8-9-15(4,5)14(13)17/h12-13H,6-11H2,1-5H3. The predicted octanol–water partition coefficient (Wildman–Crippen LogP) is 3.36. The third-order valence-corrected chi connectivity index (χ3v) is 4.35. The largest absolute Gasteiger partial charge is 0.303 e. The highest BCUT2D eigenvalue weighted by molar-refractivity contribution is 5.88. The fraction of sp³-hybridized carbons (Fsp3) is 0.933. The zero-order valence-electron chi connectivity index (χ0n) is 12.3. The number of ketones is 1. The van der Waals surface area contributed by atoms with Gasteiger partial charge in [-0.3, -0.25) is 4.79 Å². The lowest BCUT2D eigenvalue weighted by Gasteiger charge is -2.26. The minimum Gasteiger partial charge on any atom is -0.303 e. The average Bonchev–Trinajstić information content (AvgIpc) is 2.54. The number of nitrogens with zero attached hydrogens (tertiary/aromatic N) is 1. The topological polar surface area (TPSA) is 20.3 Å². The van der Waals surface area contributed by atoms with Crippen molar-refractivity contribution in [2.24, 2.45) is 17.3 Å². The van der Waals surface area contributed by atoms with Crippen LogP contribution in [0.1, 0.15) is 53.9 Å². The van der Waals surface area contributed by atoms with Gasteiger partial charge in [-0.1, -0.05) is 41.0 Å². The van der Waals surface area contributed by atoms with E-state index in [0.29, 0.717) is 5.78 Å². The Morgan fingerprint density at radius 2 is 2.06 bits per heavy atom. The summed E-state index contributed by atoms with van der Waals surface area (Å²) in [5.74, 6) is 1.51. The minimum absolute atomic E-state index is 0.0690. The second kappa shape index (κ2) is 5.99. The van der Waals surface area contributed by atoms with Crippen molar-refractivity contribution in [2.75, 3.05) is 19.6 Å². The van der Waals surface area contributed by atoms with Crippen molar-refractivity contribution in [3.63, 3.8) is 0 Å². The van der Waals surface area contributed by atoms with Crippen molar-refractivity contribution < 1.29 is 4.79 Å². The molecule has 2 unspecified atom stereocenters. The molecule has 100 valence electrons. The van der Waals surface area contributed by atoms with E-state index in [1.165, 1.54) is 6.42 Å². The van der Waals surface area contributed by atoms with Crippen molar-refractivity contribution in [1.82, 2.24) is 4.90 Å². The maximum absolute atomic E-state index is 12.2. The molecule has 1 aliphatic carbocycles. The highest BCUT2D eigenvalue weighted by Crippen LogP contribution is 2.37. The molecule has 0 amide bonds. The molecule has 0 N–H and O–H groups in total. The first kappa shape index (κ1) is 14.7. The summed E-state index contributed by atoms with van der Waals surface area (Å²) in [5.41, 5.74) is -0.0690. The molecule has 1 saturated carbocycles. The second-order valence-corrected chi connectivity index (χ2v) is 6.35. The summed E-state index contributed by atoms with van der Waals surface area (Å²) < 4.78 is 0. The SMILES string of the molecule is CCC(C)CN(CC)CC1CCC(C)(C)C1=O. The van der Waals surface area contributed by atoms with Gasteiger partial charge in [0.2, 0.25) is 0 Å². The van der Waals surface area contributed by atoms with Crippen molar-refractivity contribution in [1.29, 1.82) is 0 Å². The van der Waals surface area contributed by atoms with Crippen LogP contribution in [0.2, 0.25) is 0 Å². The fourth-order valence-electron chi connectivity index (χ4n) is 2.73. The molecule has 0 saturated heterocycles. The van der Waals surface area contributed by atoms with Crippen molar-refractivity contribution in [3.05, 3.63) is 0 Å². The molecule has 2 atom stereocenters. The number of hydrogen-bond donors (Lipinski definition) is 0. The highest BCUT2D eigenvalue weighted by Gasteiger charge is 2.40. The first-order chi connectivity index (χ1) is 7.90. The molecule has 1 rings (SSSR count). The Morgan fingerprint density at radius 3 is 2.47 bits per heavy atom. The van der Waals surface area contributed by atoms with Gasteiger partial charge in [0.25, 0.3) is 0 Å². The second-order valence-electron chi connectivity index (χ2n) is 6.35. The van der Waals surface area contributed by atoms with Crippen LogP contribution in [0.3, 0.4) is 0 Å². The molecule has 1 fully saturated rings. The lowest BCUT2D eigenvalue weighted by atomic mass is 9.89. The summed E-state index contributed by atoms with van der Waals surface area (Å²) in [6.45, 7) is 14.1. The number of hydrogen-bond acceptors (Lipinski definition) is 2. The van der Waals surface area contributed by atoms with Crippen LogP contribution in [0.4, 0.5) is 0 Å². The average molecular weight is 239 g/mol. The van der Waals surface area contributed by atoms with Crippen molar-refractivity contribution in [2.45, 2.75) is 53.9 Å². The van der Waals surface area contributed by atoms with Gasteiger partial charge >= 0.3 is 0 Å². The molecule has 1 aliphatic rings. The molecular formula is C15H29NO. The van der Waals surface area contributed by atoms with Gasteiger partial charge in [0.05, 0.1) is 0 Å². The third kappa shape index (κ3) is 3.80. The summed E-state index contributed by atoms with van der Waals surface area (Å²) >= 11 is 0. The van der Waals surface area contributed by atoms with Gasteiger partial charge in [0, 0.05) is 24.4 Å². The Morgan fingerprint density at radius 1 is 1.41 bits per heavy atom. The van der Waals surface area contributed by atoms with Crippen molar-refractivity contribution >= 4 is 5.78 Å². The maximum Gasteiger partial charge on any atom is 0.142 e. The first-order valence-electron chi connectivity index (χ1n) is 7.17. The molecule has 2 nitrogen and oxygen atoms in total. The smallest absolute Gasteiger partial charge is 0.142 e. The van der Waals surface area contributed by atoms with E-state index >= 15 is 0 Å². The van der Waals surface area contributed by atoms with E-state index < -0.39 is 0 Å².